The second kappa shape index (κ2) is 9.16. The lowest BCUT2D eigenvalue weighted by Crippen LogP contribution is -2.30. The molecule has 0 atom stereocenters. The number of fused-ring (bicyclic) bond motifs is 1. The van der Waals surface area contributed by atoms with Crippen LogP contribution < -0.4 is 21.3 Å². The number of aromatic amines is 2. The van der Waals surface area contributed by atoms with Crippen LogP contribution in [0.1, 0.15) is 5.56 Å². The Balaban J connectivity index is 1.37. The van der Waals surface area contributed by atoms with E-state index in [-0.39, 0.29) is 27.2 Å². The third-order valence-electron chi connectivity index (χ3n) is 5.13. The molecule has 10 nitrogen and oxygen atoms in total. The SMILES string of the molecule is O=c1cnn(-c2cc(Cl)c(Oc3ccc(O)c(CNc4ccc5[nH]ncc5c4)c3)c(Cl)c2)c(=O)[nH]1. The van der Waals surface area contributed by atoms with E-state index in [4.69, 9.17) is 27.9 Å². The number of phenolic OH excluding ortho intramolecular Hbond substituents is 1. The first kappa shape index (κ1) is 22.5. The normalized spacial score (nSPS) is 11.0. The Bertz CT molecular complexity index is 1650. The highest BCUT2D eigenvalue weighted by atomic mass is 35.5. The molecule has 0 saturated carbocycles. The Labute approximate surface area is 206 Å². The topological polar surface area (TPSA) is 138 Å². The number of ether oxygens (including phenoxy) is 1. The van der Waals surface area contributed by atoms with Crippen molar-refractivity contribution in [1.29, 1.82) is 0 Å². The van der Waals surface area contributed by atoms with Crippen molar-refractivity contribution in [2.45, 2.75) is 6.54 Å². The fraction of sp³-hybridized carbons (Fsp3) is 0.0435. The number of nitrogens with zero attached hydrogens (tertiary/aromatic N) is 3. The van der Waals surface area contributed by atoms with E-state index in [0.717, 1.165) is 27.5 Å². The Morgan fingerprint density at radius 3 is 2.60 bits per heavy atom. The van der Waals surface area contributed by atoms with Crippen molar-refractivity contribution in [2.75, 3.05) is 5.32 Å². The van der Waals surface area contributed by atoms with Gasteiger partial charge in [-0.25, -0.2) is 4.79 Å². The Morgan fingerprint density at radius 1 is 1.03 bits per heavy atom. The Kier molecular flexibility index (Phi) is 5.89. The van der Waals surface area contributed by atoms with Crippen molar-refractivity contribution in [3.63, 3.8) is 0 Å². The van der Waals surface area contributed by atoms with Crippen LogP contribution in [0.3, 0.4) is 0 Å². The van der Waals surface area contributed by atoms with E-state index < -0.39 is 11.2 Å². The molecule has 2 aromatic heterocycles. The fourth-order valence-electron chi connectivity index (χ4n) is 3.44. The molecule has 0 aliphatic rings. The summed E-state index contributed by atoms with van der Waals surface area (Å²) in [5.41, 5.74) is 1.26. The lowest BCUT2D eigenvalue weighted by Gasteiger charge is -2.14. The van der Waals surface area contributed by atoms with Crippen molar-refractivity contribution >= 4 is 39.8 Å². The standard InChI is InChI=1S/C23H16Cl2N6O4/c24-17-7-15(31-23(34)29-21(33)11-28-31)8-18(25)22(17)35-16-2-4-20(32)13(6-16)9-26-14-1-3-19-12(5-14)10-27-30-19/h1-8,10-11,26,32H,9H2,(H,27,30)(H,29,33,34). The third kappa shape index (κ3) is 4.70. The van der Waals surface area contributed by atoms with Gasteiger partial charge >= 0.3 is 5.69 Å². The second-order valence-electron chi connectivity index (χ2n) is 7.51. The second-order valence-corrected chi connectivity index (χ2v) is 8.32. The first-order valence-corrected chi connectivity index (χ1v) is 11.0. The van der Waals surface area contributed by atoms with Gasteiger partial charge in [-0.3, -0.25) is 14.9 Å². The van der Waals surface area contributed by atoms with Gasteiger partial charge in [-0.05, 0) is 48.5 Å². The molecule has 2 heterocycles. The van der Waals surface area contributed by atoms with Crippen LogP contribution in [-0.4, -0.2) is 30.1 Å². The predicted octanol–water partition coefficient (Wildman–Crippen LogP) is 4.21. The lowest BCUT2D eigenvalue weighted by molar-refractivity contribution is 0.459. The van der Waals surface area contributed by atoms with Crippen molar-refractivity contribution in [3.8, 4) is 22.9 Å². The summed E-state index contributed by atoms with van der Waals surface area (Å²) in [5, 5.41) is 25.5. The van der Waals surface area contributed by atoms with Crippen LogP contribution in [0.25, 0.3) is 16.6 Å². The Hall–Kier alpha value is -4.28. The average Bonchev–Trinajstić information content (AvgIpc) is 3.29. The van der Waals surface area contributed by atoms with Crippen LogP contribution in [0.5, 0.6) is 17.2 Å². The number of phenols is 1. The number of aromatic nitrogens is 5. The highest BCUT2D eigenvalue weighted by Crippen LogP contribution is 2.39. The molecular formula is C23H16Cl2N6O4. The van der Waals surface area contributed by atoms with Gasteiger partial charge in [0.1, 0.15) is 17.7 Å². The van der Waals surface area contributed by atoms with E-state index in [0.29, 0.717) is 17.9 Å². The summed E-state index contributed by atoms with van der Waals surface area (Å²) >= 11 is 12.7. The first-order chi connectivity index (χ1) is 16.9. The molecule has 5 rings (SSSR count). The van der Waals surface area contributed by atoms with Crippen LogP contribution in [-0.2, 0) is 6.54 Å². The molecule has 0 spiro atoms. The van der Waals surface area contributed by atoms with Crippen molar-refractivity contribution in [2.24, 2.45) is 0 Å². The molecule has 4 N–H and O–H groups in total. The molecule has 0 aliphatic heterocycles. The minimum absolute atomic E-state index is 0.0882. The molecule has 35 heavy (non-hydrogen) atoms. The molecule has 0 saturated heterocycles. The van der Waals surface area contributed by atoms with Crippen LogP contribution in [0.2, 0.25) is 10.0 Å². The molecule has 176 valence electrons. The predicted molar refractivity (Wildman–Crippen MR) is 132 cm³/mol. The number of aromatic hydroxyl groups is 1. The summed E-state index contributed by atoms with van der Waals surface area (Å²) in [4.78, 5) is 25.4. The van der Waals surface area contributed by atoms with Crippen molar-refractivity contribution in [3.05, 3.63) is 97.4 Å². The van der Waals surface area contributed by atoms with E-state index in [1.807, 2.05) is 18.2 Å². The minimum atomic E-state index is -0.735. The van der Waals surface area contributed by atoms with Crippen molar-refractivity contribution < 1.29 is 9.84 Å². The smallest absolute Gasteiger partial charge is 0.349 e. The quantitative estimate of drug-likeness (QED) is 0.268. The van der Waals surface area contributed by atoms with Gasteiger partial charge in [-0.2, -0.15) is 14.9 Å². The maximum Gasteiger partial charge on any atom is 0.349 e. The molecule has 5 aromatic rings. The first-order valence-electron chi connectivity index (χ1n) is 10.2. The molecule has 0 amide bonds. The molecule has 0 bridgehead atoms. The number of rotatable bonds is 6. The fourth-order valence-corrected chi connectivity index (χ4v) is 3.99. The van der Waals surface area contributed by atoms with Gasteiger partial charge in [0.15, 0.2) is 5.75 Å². The van der Waals surface area contributed by atoms with Crippen LogP contribution in [0, 0.1) is 0 Å². The zero-order valence-electron chi connectivity index (χ0n) is 17.8. The molecule has 3 aromatic carbocycles. The molecule has 0 unspecified atom stereocenters. The lowest BCUT2D eigenvalue weighted by atomic mass is 10.1. The molecule has 0 aliphatic carbocycles. The maximum atomic E-state index is 12.0. The maximum absolute atomic E-state index is 12.0. The van der Waals surface area contributed by atoms with Crippen molar-refractivity contribution in [1.82, 2.24) is 25.0 Å². The van der Waals surface area contributed by atoms with Gasteiger partial charge in [0.25, 0.3) is 5.56 Å². The summed E-state index contributed by atoms with van der Waals surface area (Å²) in [6.45, 7) is 0.327. The largest absolute Gasteiger partial charge is 0.508 e. The van der Waals surface area contributed by atoms with Crippen LogP contribution in [0.15, 0.2) is 70.5 Å². The Morgan fingerprint density at radius 2 is 1.83 bits per heavy atom. The number of H-pyrrole nitrogens is 2. The summed E-state index contributed by atoms with van der Waals surface area (Å²) in [6.07, 6.45) is 2.70. The van der Waals surface area contributed by atoms with Crippen LogP contribution in [0.4, 0.5) is 5.69 Å². The highest BCUT2D eigenvalue weighted by molar-refractivity contribution is 6.37. The van der Waals surface area contributed by atoms with Gasteiger partial charge in [0.05, 0.1) is 27.4 Å². The summed E-state index contributed by atoms with van der Waals surface area (Å²) in [5.74, 6) is 0.635. The number of benzene rings is 3. The number of hydrogen-bond donors (Lipinski definition) is 4. The number of halogens is 2. The van der Waals surface area contributed by atoms with Gasteiger partial charge in [0, 0.05) is 23.2 Å². The van der Waals surface area contributed by atoms with E-state index >= 15 is 0 Å². The average molecular weight is 511 g/mol. The highest BCUT2D eigenvalue weighted by Gasteiger charge is 2.15. The number of hydrogen-bond acceptors (Lipinski definition) is 7. The number of anilines is 1. The van der Waals surface area contributed by atoms with E-state index in [9.17, 15) is 14.7 Å². The zero-order valence-corrected chi connectivity index (χ0v) is 19.3. The van der Waals surface area contributed by atoms with Gasteiger partial charge in [-0.15, -0.1) is 0 Å². The van der Waals surface area contributed by atoms with E-state index in [2.05, 4.69) is 25.6 Å². The summed E-state index contributed by atoms with van der Waals surface area (Å²) in [6, 6.07) is 13.4. The van der Waals surface area contributed by atoms with Crippen LogP contribution >= 0.6 is 23.2 Å². The molecule has 0 radical (unpaired) electrons. The summed E-state index contributed by atoms with van der Waals surface area (Å²) in [7, 11) is 0. The third-order valence-corrected chi connectivity index (χ3v) is 5.70. The molecule has 12 heteroatoms. The number of nitrogens with one attached hydrogen (secondary N) is 3. The minimum Gasteiger partial charge on any atom is -0.508 e. The van der Waals surface area contributed by atoms with Gasteiger partial charge in [0.2, 0.25) is 0 Å². The van der Waals surface area contributed by atoms with Gasteiger partial charge in [-0.1, -0.05) is 23.2 Å². The molecule has 0 fully saturated rings. The van der Waals surface area contributed by atoms with E-state index in [1.54, 1.807) is 18.3 Å². The van der Waals surface area contributed by atoms with Gasteiger partial charge < -0.3 is 15.2 Å². The molecular weight excluding hydrogens is 495 g/mol. The summed E-state index contributed by atoms with van der Waals surface area (Å²) < 4.78 is 6.85. The monoisotopic (exact) mass is 510 g/mol. The van der Waals surface area contributed by atoms with E-state index in [1.165, 1.54) is 18.2 Å². The zero-order chi connectivity index (χ0) is 24.5.